The fourth-order valence-electron chi connectivity index (χ4n) is 5.36. The summed E-state index contributed by atoms with van der Waals surface area (Å²) in [4.78, 5) is 2.55. The van der Waals surface area contributed by atoms with Crippen LogP contribution in [-0.4, -0.2) is 37.7 Å². The number of hydrogen-bond acceptors (Lipinski definition) is 3. The van der Waals surface area contributed by atoms with Gasteiger partial charge in [-0.2, -0.15) is 0 Å². The van der Waals surface area contributed by atoms with Crippen molar-refractivity contribution < 1.29 is 9.47 Å². The number of ether oxygens (including phenoxy) is 2. The topological polar surface area (TPSA) is 21.7 Å². The Labute approximate surface area is 125 Å². The molecule has 4 aliphatic rings. The number of nitrogens with zero attached hydrogens (tertiary/aromatic N) is 1. The Balaban J connectivity index is 1.82. The largest absolute Gasteiger partial charge is 0.493 e. The molecule has 0 N–H and O–H groups in total. The molecule has 0 saturated carbocycles. The minimum Gasteiger partial charge on any atom is -0.493 e. The van der Waals surface area contributed by atoms with E-state index in [1.54, 1.807) is 7.11 Å². The van der Waals surface area contributed by atoms with Crippen molar-refractivity contribution in [2.75, 3.05) is 20.7 Å². The molecule has 4 atom stereocenters. The summed E-state index contributed by atoms with van der Waals surface area (Å²) in [5, 5.41) is 0. The maximum atomic E-state index is 6.44. The average molecular weight is 283 g/mol. The molecule has 0 aromatic heterocycles. The molecule has 1 aromatic rings. The van der Waals surface area contributed by atoms with Gasteiger partial charge >= 0.3 is 0 Å². The maximum absolute atomic E-state index is 6.44. The number of likely N-dealkylation sites (N-methyl/N-ethyl adjacent to an activating group) is 1. The zero-order chi connectivity index (χ0) is 14.2. The molecular weight excluding hydrogens is 262 g/mol. The van der Waals surface area contributed by atoms with Gasteiger partial charge in [0, 0.05) is 29.4 Å². The molecule has 0 unspecified atom stereocenters. The summed E-state index contributed by atoms with van der Waals surface area (Å²) < 4.78 is 12.0. The number of hydrogen-bond donors (Lipinski definition) is 0. The Hall–Kier alpha value is -1.48. The van der Waals surface area contributed by atoms with E-state index in [-0.39, 0.29) is 5.41 Å². The van der Waals surface area contributed by atoms with E-state index in [1.165, 1.54) is 24.1 Å². The van der Waals surface area contributed by atoms with Crippen molar-refractivity contribution in [3.8, 4) is 11.5 Å². The van der Waals surface area contributed by atoms with Crippen LogP contribution in [-0.2, 0) is 11.8 Å². The van der Waals surface area contributed by atoms with Crippen LogP contribution in [0.5, 0.6) is 11.5 Å². The monoisotopic (exact) mass is 283 g/mol. The molecule has 2 bridgehead atoms. The van der Waals surface area contributed by atoms with Gasteiger partial charge in [0.25, 0.3) is 0 Å². The average Bonchev–Trinajstić information content (AvgIpc) is 2.84. The first kappa shape index (κ1) is 12.1. The van der Waals surface area contributed by atoms with Crippen LogP contribution in [0.3, 0.4) is 0 Å². The van der Waals surface area contributed by atoms with Crippen LogP contribution in [0.15, 0.2) is 24.3 Å². The quantitative estimate of drug-likeness (QED) is 0.739. The van der Waals surface area contributed by atoms with Gasteiger partial charge in [0.05, 0.1) is 7.11 Å². The predicted molar refractivity (Wildman–Crippen MR) is 81.1 cm³/mol. The zero-order valence-electron chi connectivity index (χ0n) is 12.6. The third-order valence-corrected chi connectivity index (χ3v) is 6.30. The highest BCUT2D eigenvalue weighted by molar-refractivity contribution is 5.61. The summed E-state index contributed by atoms with van der Waals surface area (Å²) in [6, 6.07) is 4.98. The third-order valence-electron chi connectivity index (χ3n) is 6.30. The van der Waals surface area contributed by atoms with Crippen molar-refractivity contribution in [3.63, 3.8) is 0 Å². The van der Waals surface area contributed by atoms with E-state index in [4.69, 9.17) is 9.47 Å². The van der Waals surface area contributed by atoms with E-state index in [0.717, 1.165) is 24.3 Å². The highest BCUT2D eigenvalue weighted by Crippen LogP contribution is 2.62. The van der Waals surface area contributed by atoms with Crippen molar-refractivity contribution in [2.24, 2.45) is 5.92 Å². The van der Waals surface area contributed by atoms with E-state index in [1.807, 2.05) is 0 Å². The summed E-state index contributed by atoms with van der Waals surface area (Å²) in [5.41, 5.74) is 3.16. The normalized spacial score (nSPS) is 38.9. The van der Waals surface area contributed by atoms with Crippen LogP contribution in [0.2, 0.25) is 0 Å². The minimum atomic E-state index is 0.198. The summed E-state index contributed by atoms with van der Waals surface area (Å²) in [7, 11) is 4.03. The lowest BCUT2D eigenvalue weighted by atomic mass is 9.54. The second kappa shape index (κ2) is 3.83. The molecule has 0 radical (unpaired) electrons. The fourth-order valence-corrected chi connectivity index (χ4v) is 5.36. The molecule has 1 fully saturated rings. The molecule has 1 aromatic carbocycles. The first-order valence-corrected chi connectivity index (χ1v) is 7.99. The van der Waals surface area contributed by atoms with Crippen LogP contribution >= 0.6 is 0 Å². The summed E-state index contributed by atoms with van der Waals surface area (Å²) >= 11 is 0. The van der Waals surface area contributed by atoms with Crippen molar-refractivity contribution in [2.45, 2.75) is 36.8 Å². The highest BCUT2D eigenvalue weighted by atomic mass is 16.5. The maximum Gasteiger partial charge on any atom is 0.165 e. The molecule has 1 saturated heterocycles. The second-order valence-electron chi connectivity index (χ2n) is 6.97. The molecule has 3 nitrogen and oxygen atoms in total. The lowest BCUT2D eigenvalue weighted by Gasteiger charge is -2.55. The van der Waals surface area contributed by atoms with E-state index in [2.05, 4.69) is 36.2 Å². The lowest BCUT2D eigenvalue weighted by molar-refractivity contribution is 0.00197. The first-order valence-electron chi connectivity index (χ1n) is 7.99. The molecule has 2 heterocycles. The standard InChI is InChI=1S/C18H21NO2/c1-19-9-8-18-12-4-3-5-15(18)21-17-14(20-2)7-6-11(16(17)18)10-13(12)19/h3-4,6-7,12-13,15H,5,8-10H2,1-2H3/t12-,13-,15+,18+/m0/s1. The number of methoxy groups -OCH3 is 1. The van der Waals surface area contributed by atoms with Gasteiger partial charge < -0.3 is 14.4 Å². The summed E-state index contributed by atoms with van der Waals surface area (Å²) in [6.45, 7) is 1.17. The SMILES string of the molecule is COc1ccc2c3c1O[C@@H]1CC=C[C@H]4[C@H](C2)N(C)CC[C@]314. The van der Waals surface area contributed by atoms with Gasteiger partial charge in [-0.05, 0) is 38.1 Å². The smallest absolute Gasteiger partial charge is 0.165 e. The fraction of sp³-hybridized carbons (Fsp3) is 0.556. The van der Waals surface area contributed by atoms with Crippen molar-refractivity contribution >= 4 is 0 Å². The van der Waals surface area contributed by atoms with E-state index >= 15 is 0 Å². The van der Waals surface area contributed by atoms with Gasteiger partial charge in [0.2, 0.25) is 0 Å². The van der Waals surface area contributed by atoms with Crippen LogP contribution in [0, 0.1) is 5.92 Å². The molecule has 3 heteroatoms. The molecule has 1 spiro atoms. The zero-order valence-corrected chi connectivity index (χ0v) is 12.6. The molecule has 2 aliphatic carbocycles. The van der Waals surface area contributed by atoms with Crippen molar-refractivity contribution in [3.05, 3.63) is 35.4 Å². The molecule has 5 rings (SSSR count). The first-order chi connectivity index (χ1) is 10.3. The Morgan fingerprint density at radius 2 is 2.29 bits per heavy atom. The van der Waals surface area contributed by atoms with Gasteiger partial charge in [-0.1, -0.05) is 18.2 Å². The summed E-state index contributed by atoms with van der Waals surface area (Å²) in [6.07, 6.45) is 8.47. The van der Waals surface area contributed by atoms with Crippen LogP contribution < -0.4 is 9.47 Å². The highest BCUT2D eigenvalue weighted by Gasteiger charge is 2.62. The van der Waals surface area contributed by atoms with Gasteiger partial charge in [-0.25, -0.2) is 0 Å². The Morgan fingerprint density at radius 1 is 1.38 bits per heavy atom. The van der Waals surface area contributed by atoms with Gasteiger partial charge in [0.15, 0.2) is 11.5 Å². The molecular formula is C18H21NO2. The Kier molecular flexibility index (Phi) is 2.21. The predicted octanol–water partition coefficient (Wildman–Crippen LogP) is 2.53. The molecule has 2 aliphatic heterocycles. The number of piperidine rings is 1. The Morgan fingerprint density at radius 3 is 3.14 bits per heavy atom. The van der Waals surface area contributed by atoms with Crippen LogP contribution in [0.25, 0.3) is 0 Å². The van der Waals surface area contributed by atoms with Crippen LogP contribution in [0.4, 0.5) is 0 Å². The van der Waals surface area contributed by atoms with E-state index in [0.29, 0.717) is 18.1 Å². The number of benzene rings is 1. The van der Waals surface area contributed by atoms with E-state index < -0.39 is 0 Å². The molecule has 0 amide bonds. The van der Waals surface area contributed by atoms with Crippen molar-refractivity contribution in [1.29, 1.82) is 0 Å². The molecule has 21 heavy (non-hydrogen) atoms. The Bertz CT molecular complexity index is 653. The molecule has 110 valence electrons. The van der Waals surface area contributed by atoms with Gasteiger partial charge in [-0.3, -0.25) is 0 Å². The van der Waals surface area contributed by atoms with Crippen molar-refractivity contribution in [1.82, 2.24) is 4.90 Å². The number of rotatable bonds is 1. The van der Waals surface area contributed by atoms with Gasteiger partial charge in [-0.15, -0.1) is 0 Å². The van der Waals surface area contributed by atoms with E-state index in [9.17, 15) is 0 Å². The lowest BCUT2D eigenvalue weighted by Crippen LogP contribution is -2.62. The summed E-state index contributed by atoms with van der Waals surface area (Å²) in [5.74, 6) is 2.54. The van der Waals surface area contributed by atoms with Crippen LogP contribution in [0.1, 0.15) is 24.0 Å². The van der Waals surface area contributed by atoms with Gasteiger partial charge in [0.1, 0.15) is 6.10 Å². The minimum absolute atomic E-state index is 0.198. The second-order valence-corrected chi connectivity index (χ2v) is 6.97. The number of likely N-dealkylation sites (tertiary alicyclic amines) is 1. The third kappa shape index (κ3) is 1.25.